The van der Waals surface area contributed by atoms with Crippen molar-refractivity contribution in [3.63, 3.8) is 0 Å². The third-order valence-electron chi connectivity index (χ3n) is 5.08. The quantitative estimate of drug-likeness (QED) is 0.177. The highest BCUT2D eigenvalue weighted by Gasteiger charge is 2.41. The van der Waals surface area contributed by atoms with Gasteiger partial charge in [-0.05, 0) is 42.8 Å². The van der Waals surface area contributed by atoms with Gasteiger partial charge in [-0.25, -0.2) is 4.39 Å². The largest absolute Gasteiger partial charge is 0.417 e. The van der Waals surface area contributed by atoms with E-state index in [9.17, 15) is 48.7 Å². The van der Waals surface area contributed by atoms with Crippen molar-refractivity contribution in [1.29, 1.82) is 0 Å². The summed E-state index contributed by atoms with van der Waals surface area (Å²) in [5.74, 6) is -5.87. The molecule has 0 fully saturated rings. The first-order valence-electron chi connectivity index (χ1n) is 10.6. The van der Waals surface area contributed by atoms with Crippen molar-refractivity contribution in [2.24, 2.45) is 0 Å². The van der Waals surface area contributed by atoms with Crippen molar-refractivity contribution in [2.45, 2.75) is 37.4 Å². The third-order valence-corrected chi connectivity index (χ3v) is 6.77. The summed E-state index contributed by atoms with van der Waals surface area (Å²) in [6.45, 7) is -0.465. The van der Waals surface area contributed by atoms with Crippen molar-refractivity contribution in [3.8, 4) is 0 Å². The van der Waals surface area contributed by atoms with E-state index in [-0.39, 0.29) is 27.2 Å². The van der Waals surface area contributed by atoms with Crippen LogP contribution in [-0.2, 0) is 6.18 Å². The van der Waals surface area contributed by atoms with E-state index in [1.54, 1.807) is 5.32 Å². The van der Waals surface area contributed by atoms with Crippen LogP contribution in [0.1, 0.15) is 39.9 Å². The number of nitrogens with one attached hydrogen (secondary N) is 2. The topological polar surface area (TPSA) is 41.1 Å². The van der Waals surface area contributed by atoms with Gasteiger partial charge in [-0.15, -0.1) is 0 Å². The van der Waals surface area contributed by atoms with Gasteiger partial charge in [0, 0.05) is 5.56 Å². The number of rotatable bonds is 7. The molecule has 0 aliphatic carbocycles. The molecule has 2 N–H and O–H groups in total. The number of halogens is 13. The molecule has 0 saturated heterocycles. The molecule has 2 aromatic carbocycles. The summed E-state index contributed by atoms with van der Waals surface area (Å²) in [5.41, 5.74) is -4.43. The molecule has 17 heteroatoms. The number of hydrogen-bond donors (Lipinski definition) is 2. The molecule has 0 saturated carbocycles. The molecular formula is C23H15Cl3F10N2OS. The van der Waals surface area contributed by atoms with E-state index >= 15 is 0 Å². The summed E-state index contributed by atoms with van der Waals surface area (Å²) in [4.78, 5) is 11.9. The van der Waals surface area contributed by atoms with E-state index in [0.717, 1.165) is 19.1 Å². The monoisotopic (exact) mass is 662 g/mol. The van der Waals surface area contributed by atoms with Gasteiger partial charge in [0.15, 0.2) is 0 Å². The van der Waals surface area contributed by atoms with Crippen molar-refractivity contribution in [3.05, 3.63) is 73.7 Å². The van der Waals surface area contributed by atoms with Gasteiger partial charge in [0.2, 0.25) is 0 Å². The summed E-state index contributed by atoms with van der Waals surface area (Å²) in [7, 11) is 0. The van der Waals surface area contributed by atoms with E-state index < -0.39 is 76.0 Å². The Balaban J connectivity index is 2.45. The van der Waals surface area contributed by atoms with Crippen LogP contribution in [0.3, 0.4) is 0 Å². The minimum absolute atomic E-state index is 0.00203. The number of amides is 1. The van der Waals surface area contributed by atoms with Crippen molar-refractivity contribution in [2.75, 3.05) is 6.54 Å². The summed E-state index contributed by atoms with van der Waals surface area (Å²) >= 11 is 21.9. The SMILES string of the molecule is CC(NC(=O)c1ccc(/C(F)=C/C(c2cc(Cl)c(Cl)c(Cl)c2)C(F)(F)F)cc1C(F)(F)F)C(=S)NCC(F)(F)F. The predicted octanol–water partition coefficient (Wildman–Crippen LogP) is 8.92. The molecule has 0 bridgehead atoms. The van der Waals surface area contributed by atoms with Crippen LogP contribution >= 0.6 is 47.0 Å². The second kappa shape index (κ2) is 12.7. The summed E-state index contributed by atoms with van der Waals surface area (Å²) in [5, 5.41) is 2.74. The molecule has 2 aromatic rings. The molecule has 2 unspecified atom stereocenters. The molecule has 1 amide bonds. The molecule has 0 radical (unpaired) electrons. The second-order valence-corrected chi connectivity index (χ2v) is 9.75. The Hall–Kier alpha value is -2.29. The van der Waals surface area contributed by atoms with Crippen molar-refractivity contribution < 1.29 is 48.7 Å². The highest BCUT2D eigenvalue weighted by Crippen LogP contribution is 2.42. The van der Waals surface area contributed by atoms with Gasteiger partial charge >= 0.3 is 18.5 Å². The fourth-order valence-electron chi connectivity index (χ4n) is 3.18. The van der Waals surface area contributed by atoms with Crippen LogP contribution in [-0.4, -0.2) is 35.8 Å². The summed E-state index contributed by atoms with van der Waals surface area (Å²) < 4.78 is 134. The number of alkyl halides is 9. The zero-order chi connectivity index (χ0) is 30.8. The van der Waals surface area contributed by atoms with E-state index in [4.69, 9.17) is 34.8 Å². The Kier molecular flexibility index (Phi) is 10.8. The minimum Gasteiger partial charge on any atom is -0.369 e. The van der Waals surface area contributed by atoms with Crippen molar-refractivity contribution in [1.82, 2.24) is 10.6 Å². The first kappa shape index (κ1) is 33.9. The summed E-state index contributed by atoms with van der Waals surface area (Å²) in [6.07, 6.45) is -15.1. The number of allylic oxidation sites excluding steroid dienone is 1. The first-order valence-corrected chi connectivity index (χ1v) is 12.1. The predicted molar refractivity (Wildman–Crippen MR) is 134 cm³/mol. The highest BCUT2D eigenvalue weighted by atomic mass is 35.5. The molecule has 0 aliphatic heterocycles. The highest BCUT2D eigenvalue weighted by molar-refractivity contribution is 7.80. The number of benzene rings is 2. The Labute approximate surface area is 240 Å². The number of carbonyl (C=O) groups excluding carboxylic acids is 1. The zero-order valence-electron chi connectivity index (χ0n) is 19.6. The lowest BCUT2D eigenvalue weighted by molar-refractivity contribution is -0.140. The van der Waals surface area contributed by atoms with Crippen LogP contribution in [0.2, 0.25) is 15.1 Å². The smallest absolute Gasteiger partial charge is 0.369 e. The average molecular weight is 664 g/mol. The normalized spacial score (nSPS) is 14.5. The zero-order valence-corrected chi connectivity index (χ0v) is 22.6. The van der Waals surface area contributed by atoms with Crippen LogP contribution in [0.25, 0.3) is 5.83 Å². The van der Waals surface area contributed by atoms with Gasteiger partial charge in [-0.3, -0.25) is 4.79 Å². The molecule has 0 aliphatic rings. The van der Waals surface area contributed by atoms with Crippen LogP contribution in [0, 0.1) is 0 Å². The molecule has 2 atom stereocenters. The molecule has 3 nitrogen and oxygen atoms in total. The van der Waals surface area contributed by atoms with Gasteiger partial charge in [0.05, 0.1) is 37.2 Å². The van der Waals surface area contributed by atoms with E-state index in [1.807, 2.05) is 5.32 Å². The maximum absolute atomic E-state index is 15.0. The van der Waals surface area contributed by atoms with Crippen LogP contribution in [0.4, 0.5) is 43.9 Å². The van der Waals surface area contributed by atoms with E-state index in [1.165, 1.54) is 0 Å². The Morgan fingerprint density at radius 2 is 1.52 bits per heavy atom. The van der Waals surface area contributed by atoms with Crippen LogP contribution < -0.4 is 10.6 Å². The number of carbonyl (C=O) groups is 1. The lowest BCUT2D eigenvalue weighted by Crippen LogP contribution is -2.46. The molecule has 0 spiro atoms. The second-order valence-electron chi connectivity index (χ2n) is 8.12. The third kappa shape index (κ3) is 9.11. The minimum atomic E-state index is -5.29. The van der Waals surface area contributed by atoms with Gasteiger partial charge in [-0.1, -0.05) is 53.1 Å². The molecule has 2 rings (SSSR count). The molecule has 0 aromatic heterocycles. The van der Waals surface area contributed by atoms with Gasteiger partial charge in [-0.2, -0.15) is 39.5 Å². The van der Waals surface area contributed by atoms with E-state index in [2.05, 4.69) is 12.2 Å². The summed E-state index contributed by atoms with van der Waals surface area (Å²) in [6, 6.07) is 1.41. The fourth-order valence-corrected chi connectivity index (χ4v) is 3.93. The van der Waals surface area contributed by atoms with Crippen LogP contribution in [0.15, 0.2) is 36.4 Å². The van der Waals surface area contributed by atoms with Gasteiger partial charge in [0.25, 0.3) is 5.91 Å². The average Bonchev–Trinajstić information content (AvgIpc) is 2.81. The molecule has 0 heterocycles. The standard InChI is InChI=1S/C23H15Cl3F10N2OS/c1-9(20(40)37-8-21(28,29)30)38-19(39)12-3-2-10(4-14(12)23(34,35)36)17(27)7-13(22(31,32)33)11-5-15(24)18(26)16(25)6-11/h2-7,9,13H,8H2,1H3,(H,37,40)(H,38,39)/b17-7-. The molecule has 40 heavy (non-hydrogen) atoms. The number of hydrogen-bond acceptors (Lipinski definition) is 2. The Morgan fingerprint density at radius 1 is 0.975 bits per heavy atom. The Bertz CT molecular complexity index is 1290. The van der Waals surface area contributed by atoms with Gasteiger partial charge in [0.1, 0.15) is 18.3 Å². The maximum Gasteiger partial charge on any atom is 0.417 e. The number of thiocarbonyl (C=S) groups is 1. The first-order chi connectivity index (χ1) is 18.1. The lowest BCUT2D eigenvalue weighted by atomic mass is 9.95. The van der Waals surface area contributed by atoms with Crippen molar-refractivity contribution >= 4 is 63.7 Å². The fraction of sp³-hybridized carbons (Fsp3) is 0.304. The maximum atomic E-state index is 15.0. The Morgan fingerprint density at radius 3 is 2.00 bits per heavy atom. The van der Waals surface area contributed by atoms with Gasteiger partial charge < -0.3 is 10.6 Å². The van der Waals surface area contributed by atoms with E-state index in [0.29, 0.717) is 12.1 Å². The molecular weight excluding hydrogens is 649 g/mol. The van der Waals surface area contributed by atoms with Crippen LogP contribution in [0.5, 0.6) is 0 Å². The molecule has 220 valence electrons. The lowest BCUT2D eigenvalue weighted by Gasteiger charge is -2.20.